The fourth-order valence-electron chi connectivity index (χ4n) is 2.13. The zero-order valence-corrected chi connectivity index (χ0v) is 14.7. The molecule has 25 heavy (non-hydrogen) atoms. The molecule has 138 valence electrons. The molecule has 2 atom stereocenters. The molecule has 0 aromatic heterocycles. The third kappa shape index (κ3) is 4.88. The number of nitro groups is 1. The van der Waals surface area contributed by atoms with Gasteiger partial charge >= 0.3 is 17.6 Å². The Morgan fingerprint density at radius 2 is 1.72 bits per heavy atom. The van der Waals surface area contributed by atoms with Crippen molar-refractivity contribution in [3.8, 4) is 0 Å². The van der Waals surface area contributed by atoms with Crippen LogP contribution < -0.4 is 5.32 Å². The number of halogens is 1. The number of alkyl carbamates (subject to hydrolysis) is 1. The normalized spacial score (nSPS) is 14.8. The molecular weight excluding hydrogens is 335 g/mol. The average molecular weight is 356 g/mol. The summed E-state index contributed by atoms with van der Waals surface area (Å²) in [6.07, 6.45) is -0.959. The minimum atomic E-state index is -2.34. The van der Waals surface area contributed by atoms with Crippen LogP contribution in [0, 0.1) is 15.9 Å². The lowest BCUT2D eigenvalue weighted by Gasteiger charge is -2.30. The zero-order chi connectivity index (χ0) is 19.4. The monoisotopic (exact) mass is 356 g/mol. The molecule has 0 fully saturated rings. The van der Waals surface area contributed by atoms with Gasteiger partial charge in [-0.3, -0.25) is 10.1 Å². The Bertz CT molecular complexity index is 656. The molecular formula is C16H21FN2O6. The van der Waals surface area contributed by atoms with E-state index in [2.05, 4.69) is 10.1 Å². The number of amides is 1. The van der Waals surface area contributed by atoms with Gasteiger partial charge in [0.15, 0.2) is 0 Å². The second-order valence-corrected chi connectivity index (χ2v) is 6.53. The van der Waals surface area contributed by atoms with E-state index >= 15 is 0 Å². The van der Waals surface area contributed by atoms with Crippen molar-refractivity contribution in [2.75, 3.05) is 7.11 Å². The van der Waals surface area contributed by atoms with E-state index in [9.17, 15) is 24.1 Å². The molecule has 1 rings (SSSR count). The van der Waals surface area contributed by atoms with Gasteiger partial charge in [0.05, 0.1) is 7.11 Å². The van der Waals surface area contributed by atoms with Gasteiger partial charge in [-0.15, -0.1) is 0 Å². The lowest BCUT2D eigenvalue weighted by molar-refractivity contribution is -0.556. The van der Waals surface area contributed by atoms with E-state index in [4.69, 9.17) is 4.74 Å². The van der Waals surface area contributed by atoms with Crippen LogP contribution in [-0.2, 0) is 14.3 Å². The van der Waals surface area contributed by atoms with E-state index in [-0.39, 0.29) is 5.56 Å². The van der Waals surface area contributed by atoms with Crippen molar-refractivity contribution in [3.63, 3.8) is 0 Å². The summed E-state index contributed by atoms with van der Waals surface area (Å²) in [6.45, 7) is 5.87. The molecule has 9 heteroatoms. The Hall–Kier alpha value is -2.71. The van der Waals surface area contributed by atoms with Gasteiger partial charge in [0, 0.05) is 11.8 Å². The van der Waals surface area contributed by atoms with Gasteiger partial charge in [-0.1, -0.05) is 12.1 Å². The van der Waals surface area contributed by atoms with Crippen molar-refractivity contribution in [1.82, 2.24) is 5.32 Å². The maximum Gasteiger partial charge on any atom is 0.408 e. The summed E-state index contributed by atoms with van der Waals surface area (Å²) >= 11 is 0. The molecule has 8 nitrogen and oxygen atoms in total. The molecule has 0 unspecified atom stereocenters. The number of esters is 1. The highest BCUT2D eigenvalue weighted by Gasteiger charge is 2.56. The quantitative estimate of drug-likeness (QED) is 0.493. The number of hydrogen-bond donors (Lipinski definition) is 1. The smallest absolute Gasteiger partial charge is 0.408 e. The minimum absolute atomic E-state index is 0.150. The largest absolute Gasteiger partial charge is 0.464 e. The molecule has 0 aliphatic rings. The standard InChI is InChI=1S/C16H21FN2O6/c1-15(2,3)25-14(21)18-12(10-6-8-11(17)9-7-10)16(4,19(22)23)13(20)24-5/h6-9,12H,1-5H3,(H,18,21)/t12-,16-/m0/s1. The molecule has 0 aliphatic heterocycles. The van der Waals surface area contributed by atoms with Gasteiger partial charge in [0.25, 0.3) is 0 Å². The van der Waals surface area contributed by atoms with Crippen LogP contribution in [0.2, 0.25) is 0 Å². The molecule has 0 saturated heterocycles. The van der Waals surface area contributed by atoms with Crippen molar-refractivity contribution < 1.29 is 28.4 Å². The molecule has 0 saturated carbocycles. The lowest BCUT2D eigenvalue weighted by atomic mass is 9.87. The van der Waals surface area contributed by atoms with Crippen molar-refractivity contribution in [2.24, 2.45) is 0 Å². The van der Waals surface area contributed by atoms with E-state index in [0.29, 0.717) is 0 Å². The minimum Gasteiger partial charge on any atom is -0.464 e. The summed E-state index contributed by atoms with van der Waals surface area (Å²) in [7, 11) is 0.999. The molecule has 0 aliphatic carbocycles. The van der Waals surface area contributed by atoms with Crippen molar-refractivity contribution >= 4 is 12.1 Å². The fourth-order valence-corrected chi connectivity index (χ4v) is 2.13. The van der Waals surface area contributed by atoms with Crippen LogP contribution in [0.25, 0.3) is 0 Å². The number of rotatable bonds is 5. The number of nitrogens with one attached hydrogen (secondary N) is 1. The molecule has 0 heterocycles. The summed E-state index contributed by atoms with van der Waals surface area (Å²) in [4.78, 5) is 35.0. The summed E-state index contributed by atoms with van der Waals surface area (Å²) in [6, 6.07) is 3.17. The number of methoxy groups -OCH3 is 1. The first-order chi connectivity index (χ1) is 11.4. The zero-order valence-electron chi connectivity index (χ0n) is 14.7. The second-order valence-electron chi connectivity index (χ2n) is 6.53. The Balaban J connectivity index is 3.36. The topological polar surface area (TPSA) is 108 Å². The van der Waals surface area contributed by atoms with Gasteiger partial charge in [-0.2, -0.15) is 0 Å². The Labute approximate surface area is 144 Å². The molecule has 1 amide bonds. The summed E-state index contributed by atoms with van der Waals surface area (Å²) in [5, 5.41) is 13.9. The fraction of sp³-hybridized carbons (Fsp3) is 0.500. The van der Waals surface area contributed by atoms with Crippen LogP contribution in [0.15, 0.2) is 24.3 Å². The maximum atomic E-state index is 13.2. The molecule has 1 N–H and O–H groups in total. The van der Waals surface area contributed by atoms with Crippen LogP contribution >= 0.6 is 0 Å². The number of carbonyl (C=O) groups is 2. The lowest BCUT2D eigenvalue weighted by Crippen LogP contribution is -2.55. The predicted molar refractivity (Wildman–Crippen MR) is 85.9 cm³/mol. The highest BCUT2D eigenvalue weighted by atomic mass is 19.1. The maximum absolute atomic E-state index is 13.2. The number of hydrogen-bond acceptors (Lipinski definition) is 6. The third-order valence-electron chi connectivity index (χ3n) is 3.40. The van der Waals surface area contributed by atoms with Crippen LogP contribution in [-0.4, -0.2) is 35.2 Å². The summed E-state index contributed by atoms with van der Waals surface area (Å²) < 4.78 is 22.8. The number of carbonyl (C=O) groups excluding carboxylic acids is 2. The number of ether oxygens (including phenoxy) is 2. The van der Waals surface area contributed by atoms with E-state index in [1.165, 1.54) is 12.1 Å². The number of benzene rings is 1. The van der Waals surface area contributed by atoms with E-state index in [0.717, 1.165) is 26.2 Å². The Kier molecular flexibility index (Phi) is 6.06. The highest BCUT2D eigenvalue weighted by molar-refractivity contribution is 5.81. The summed E-state index contributed by atoms with van der Waals surface area (Å²) in [5.74, 6) is -1.73. The van der Waals surface area contributed by atoms with Crippen molar-refractivity contribution in [1.29, 1.82) is 0 Å². The third-order valence-corrected chi connectivity index (χ3v) is 3.40. The van der Waals surface area contributed by atoms with Crippen LogP contribution in [0.3, 0.4) is 0 Å². The second kappa shape index (κ2) is 7.45. The molecule has 0 bridgehead atoms. The van der Waals surface area contributed by atoms with Gasteiger partial charge < -0.3 is 14.8 Å². The Morgan fingerprint density at radius 1 is 1.20 bits per heavy atom. The predicted octanol–water partition coefficient (Wildman–Crippen LogP) is 2.60. The molecule has 1 aromatic rings. The molecule has 0 radical (unpaired) electrons. The van der Waals surface area contributed by atoms with Crippen LogP contribution in [0.4, 0.5) is 9.18 Å². The number of nitrogens with zero attached hydrogens (tertiary/aromatic N) is 1. The molecule has 1 aromatic carbocycles. The first-order valence-electron chi connectivity index (χ1n) is 7.39. The van der Waals surface area contributed by atoms with Gasteiger partial charge in [0.1, 0.15) is 17.5 Å². The highest BCUT2D eigenvalue weighted by Crippen LogP contribution is 2.31. The van der Waals surface area contributed by atoms with Gasteiger partial charge in [-0.25, -0.2) is 14.0 Å². The van der Waals surface area contributed by atoms with E-state index in [1.807, 2.05) is 0 Å². The summed E-state index contributed by atoms with van der Waals surface area (Å²) in [5.41, 5.74) is -3.05. The van der Waals surface area contributed by atoms with Crippen LogP contribution in [0.1, 0.15) is 39.3 Å². The first kappa shape index (κ1) is 20.3. The van der Waals surface area contributed by atoms with Crippen LogP contribution in [0.5, 0.6) is 0 Å². The van der Waals surface area contributed by atoms with E-state index in [1.54, 1.807) is 20.8 Å². The SMILES string of the molecule is COC(=O)[C@](C)([C@@H](NC(=O)OC(C)(C)C)c1ccc(F)cc1)[N+](=O)[O-]. The average Bonchev–Trinajstić information content (AvgIpc) is 2.50. The Morgan fingerprint density at radius 3 is 2.12 bits per heavy atom. The van der Waals surface area contributed by atoms with Gasteiger partial charge in [0.2, 0.25) is 0 Å². The van der Waals surface area contributed by atoms with E-state index < -0.39 is 40.0 Å². The van der Waals surface area contributed by atoms with Crippen molar-refractivity contribution in [2.45, 2.75) is 44.9 Å². The van der Waals surface area contributed by atoms with Crippen molar-refractivity contribution in [3.05, 3.63) is 45.8 Å². The molecule has 0 spiro atoms. The first-order valence-corrected chi connectivity index (χ1v) is 7.39. The van der Waals surface area contributed by atoms with Gasteiger partial charge in [-0.05, 0) is 38.5 Å².